The molecule has 0 fully saturated rings. The fourth-order valence-electron chi connectivity index (χ4n) is 0.750. The van der Waals surface area contributed by atoms with Crippen molar-refractivity contribution < 1.29 is 0 Å². The van der Waals surface area contributed by atoms with Crippen LogP contribution in [0.4, 0.5) is 0 Å². The molecule has 0 amide bonds. The van der Waals surface area contributed by atoms with E-state index < -0.39 is 7.26 Å². The molecule has 0 heterocycles. The van der Waals surface area contributed by atoms with Gasteiger partial charge in [-0.25, -0.2) is 0 Å². The first-order valence-electron chi connectivity index (χ1n) is 4.21. The summed E-state index contributed by atoms with van der Waals surface area (Å²) in [4.78, 5) is 0. The average Bonchev–Trinajstić information content (AvgIpc) is 1.57. The fraction of sp³-hybridized carbons (Fsp3) is 1.00. The Bertz CT molecular complexity index is 78.3. The Balaban J connectivity index is 3.56. The molecule has 0 radical (unpaired) electrons. The van der Waals surface area contributed by atoms with E-state index in [1.807, 2.05) is 0 Å². The maximum atomic E-state index is 2.44. The Labute approximate surface area is 66.7 Å². The molecule has 0 aromatic carbocycles. The molecule has 0 saturated carbocycles. The van der Waals surface area contributed by atoms with E-state index in [-0.39, 0.29) is 0 Å². The zero-order valence-electron chi connectivity index (χ0n) is 8.41. The van der Waals surface area contributed by atoms with Gasteiger partial charge in [0.15, 0.2) is 0 Å². The van der Waals surface area contributed by atoms with Gasteiger partial charge in [0.2, 0.25) is 0 Å². The average molecular weight is 162 g/mol. The summed E-state index contributed by atoms with van der Waals surface area (Å²) >= 11 is 0. The molecule has 0 spiro atoms. The van der Waals surface area contributed by atoms with Crippen molar-refractivity contribution in [2.75, 3.05) is 26.2 Å². The Hall–Kier alpha value is 0.430. The summed E-state index contributed by atoms with van der Waals surface area (Å²) in [6.07, 6.45) is 2.86. The summed E-state index contributed by atoms with van der Waals surface area (Å²) < 4.78 is 0. The molecule has 0 aliphatic heterocycles. The van der Waals surface area contributed by atoms with Crippen LogP contribution in [0, 0.1) is 5.41 Å². The van der Waals surface area contributed by atoms with Crippen LogP contribution in [0.3, 0.4) is 0 Å². The minimum absolute atomic E-state index is 0.542. The summed E-state index contributed by atoms with van der Waals surface area (Å²) in [6.45, 7) is 14.3. The van der Waals surface area contributed by atoms with Crippen LogP contribution in [-0.4, -0.2) is 26.2 Å². The molecule has 0 aliphatic rings. The number of rotatable bonds is 2. The standard InChI is InChI=1S/C9H23P/c1-9(2,3)7-8-10(4,5)6/h10H,7-8H2,1-6H3. The Kier molecular flexibility index (Phi) is 3.36. The Morgan fingerprint density at radius 1 is 1.00 bits per heavy atom. The second-order valence-corrected chi connectivity index (χ2v) is 11.2. The van der Waals surface area contributed by atoms with Gasteiger partial charge >= 0.3 is 66.0 Å². The van der Waals surface area contributed by atoms with Crippen LogP contribution in [0.1, 0.15) is 27.2 Å². The second kappa shape index (κ2) is 3.22. The van der Waals surface area contributed by atoms with Crippen LogP contribution in [0.2, 0.25) is 0 Å². The SMILES string of the molecule is CC(C)(C)CC[PH](C)(C)C. The monoisotopic (exact) mass is 162 g/mol. The van der Waals surface area contributed by atoms with Gasteiger partial charge in [0.25, 0.3) is 0 Å². The number of hydrogen-bond acceptors (Lipinski definition) is 0. The first-order chi connectivity index (χ1) is 4.21. The minimum atomic E-state index is -0.767. The van der Waals surface area contributed by atoms with Gasteiger partial charge in [-0.1, -0.05) is 0 Å². The van der Waals surface area contributed by atoms with Crippen molar-refractivity contribution in [3.05, 3.63) is 0 Å². The van der Waals surface area contributed by atoms with Crippen molar-refractivity contribution in [3.8, 4) is 0 Å². The molecule has 0 rings (SSSR count). The zero-order chi connectivity index (χ0) is 8.41. The van der Waals surface area contributed by atoms with Crippen LogP contribution in [0.25, 0.3) is 0 Å². The summed E-state index contributed by atoms with van der Waals surface area (Å²) in [7, 11) is -0.767. The topological polar surface area (TPSA) is 0 Å². The first-order valence-corrected chi connectivity index (χ1v) is 7.91. The van der Waals surface area contributed by atoms with Crippen molar-refractivity contribution in [2.24, 2.45) is 5.41 Å². The first kappa shape index (κ1) is 10.4. The second-order valence-electron chi connectivity index (χ2n) is 5.62. The predicted molar refractivity (Wildman–Crippen MR) is 55.0 cm³/mol. The van der Waals surface area contributed by atoms with Crippen LogP contribution in [0.15, 0.2) is 0 Å². The van der Waals surface area contributed by atoms with Gasteiger partial charge in [0.05, 0.1) is 0 Å². The molecule has 0 unspecified atom stereocenters. The molecule has 0 aromatic rings. The molecular formula is C9H23P. The summed E-state index contributed by atoms with van der Waals surface area (Å²) in [5, 5.41) is 0. The normalized spacial score (nSPS) is 15.4. The molecule has 0 aliphatic carbocycles. The van der Waals surface area contributed by atoms with Crippen LogP contribution in [-0.2, 0) is 0 Å². The van der Waals surface area contributed by atoms with Crippen LogP contribution >= 0.6 is 7.26 Å². The molecule has 0 atom stereocenters. The quantitative estimate of drug-likeness (QED) is 0.547. The fourth-order valence-corrected chi connectivity index (χ4v) is 2.25. The third-order valence-corrected chi connectivity index (χ3v) is 3.37. The van der Waals surface area contributed by atoms with E-state index >= 15 is 0 Å². The Morgan fingerprint density at radius 3 is 1.50 bits per heavy atom. The molecule has 10 heavy (non-hydrogen) atoms. The van der Waals surface area contributed by atoms with Gasteiger partial charge < -0.3 is 0 Å². The van der Waals surface area contributed by atoms with E-state index in [0.717, 1.165) is 0 Å². The van der Waals surface area contributed by atoms with Crippen molar-refractivity contribution in [1.29, 1.82) is 0 Å². The van der Waals surface area contributed by atoms with Gasteiger partial charge in [-0.3, -0.25) is 0 Å². The van der Waals surface area contributed by atoms with Gasteiger partial charge in [0.1, 0.15) is 0 Å². The maximum absolute atomic E-state index is 2.44. The van der Waals surface area contributed by atoms with Crippen LogP contribution < -0.4 is 0 Å². The molecule has 0 N–H and O–H groups in total. The van der Waals surface area contributed by atoms with E-state index in [1.165, 1.54) is 12.6 Å². The van der Waals surface area contributed by atoms with Gasteiger partial charge in [-0.2, -0.15) is 0 Å². The summed E-state index contributed by atoms with van der Waals surface area (Å²) in [5.74, 6) is 0. The van der Waals surface area contributed by atoms with E-state index in [1.54, 1.807) is 0 Å². The van der Waals surface area contributed by atoms with E-state index in [4.69, 9.17) is 0 Å². The molecule has 0 aromatic heterocycles. The van der Waals surface area contributed by atoms with Gasteiger partial charge in [-0.15, -0.1) is 0 Å². The summed E-state index contributed by atoms with van der Waals surface area (Å²) in [6, 6.07) is 0. The molecule has 0 saturated heterocycles. The molecule has 0 bridgehead atoms. The van der Waals surface area contributed by atoms with E-state index in [2.05, 4.69) is 40.8 Å². The Morgan fingerprint density at radius 2 is 1.40 bits per heavy atom. The van der Waals surface area contributed by atoms with Crippen molar-refractivity contribution in [3.63, 3.8) is 0 Å². The predicted octanol–water partition coefficient (Wildman–Crippen LogP) is 3.06. The van der Waals surface area contributed by atoms with Crippen molar-refractivity contribution in [2.45, 2.75) is 27.2 Å². The van der Waals surface area contributed by atoms with Crippen molar-refractivity contribution in [1.82, 2.24) is 0 Å². The number of hydrogen-bond donors (Lipinski definition) is 0. The van der Waals surface area contributed by atoms with Gasteiger partial charge in [0, 0.05) is 0 Å². The molecule has 0 nitrogen and oxygen atoms in total. The molecule has 1 heteroatoms. The summed E-state index contributed by atoms with van der Waals surface area (Å²) in [5.41, 5.74) is 0.542. The third-order valence-electron chi connectivity index (χ3n) is 1.62. The van der Waals surface area contributed by atoms with E-state index in [0.29, 0.717) is 5.41 Å². The van der Waals surface area contributed by atoms with Crippen LogP contribution in [0.5, 0.6) is 0 Å². The van der Waals surface area contributed by atoms with Gasteiger partial charge in [-0.05, 0) is 0 Å². The van der Waals surface area contributed by atoms with Crippen molar-refractivity contribution >= 4 is 7.26 Å². The molecule has 64 valence electrons. The zero-order valence-corrected chi connectivity index (χ0v) is 9.41. The molecular weight excluding hydrogens is 139 g/mol. The third kappa shape index (κ3) is 8.43. The van der Waals surface area contributed by atoms with E-state index in [9.17, 15) is 0 Å².